The van der Waals surface area contributed by atoms with Crippen molar-refractivity contribution >= 4 is 60.3 Å². The van der Waals surface area contributed by atoms with Crippen LogP contribution in [0.1, 0.15) is 5.56 Å². The molecule has 156 valence electrons. The second-order valence-electron chi connectivity index (χ2n) is 9.02. The van der Waals surface area contributed by atoms with E-state index in [9.17, 15) is 0 Å². The summed E-state index contributed by atoms with van der Waals surface area (Å²) in [5, 5.41) is 8.71. The summed E-state index contributed by atoms with van der Waals surface area (Å²) in [6.45, 7) is 2.21. The van der Waals surface area contributed by atoms with E-state index in [-0.39, 0.29) is 0 Å². The third-order valence-electron chi connectivity index (χ3n) is 7.20. The zero-order chi connectivity index (χ0) is 22.0. The van der Waals surface area contributed by atoms with E-state index in [1.807, 2.05) is 11.3 Å². The molecule has 0 radical (unpaired) electrons. The SMILES string of the molecule is Cc1ccc2c(c1)-c1cc3c(cc1[Si]2(c1ccccc1)c1ccccc1)sc1ccccc13. The molecule has 7 rings (SSSR count). The summed E-state index contributed by atoms with van der Waals surface area (Å²) in [5.74, 6) is 0. The minimum absolute atomic E-state index is 1.32. The minimum Gasteiger partial charge on any atom is -0.135 e. The number of fused-ring (bicyclic) bond motifs is 6. The van der Waals surface area contributed by atoms with Gasteiger partial charge in [-0.25, -0.2) is 0 Å². The maximum Gasteiger partial charge on any atom is 0.180 e. The van der Waals surface area contributed by atoms with Gasteiger partial charge in [0.05, 0.1) is 0 Å². The van der Waals surface area contributed by atoms with Crippen LogP contribution in [-0.4, -0.2) is 8.07 Å². The summed E-state index contributed by atoms with van der Waals surface area (Å²) in [4.78, 5) is 0. The molecule has 0 unspecified atom stereocenters. The van der Waals surface area contributed by atoms with Crippen molar-refractivity contribution in [1.82, 2.24) is 0 Å². The van der Waals surface area contributed by atoms with Crippen molar-refractivity contribution in [2.75, 3.05) is 0 Å². The third-order valence-corrected chi connectivity index (χ3v) is 13.2. The van der Waals surface area contributed by atoms with Crippen LogP contribution in [0.2, 0.25) is 0 Å². The first kappa shape index (κ1) is 19.0. The van der Waals surface area contributed by atoms with Crippen LogP contribution >= 0.6 is 11.3 Å². The van der Waals surface area contributed by atoms with Crippen LogP contribution in [-0.2, 0) is 0 Å². The van der Waals surface area contributed by atoms with Crippen LogP contribution in [0.4, 0.5) is 0 Å². The van der Waals surface area contributed by atoms with E-state index < -0.39 is 8.07 Å². The Hall–Kier alpha value is -3.46. The first-order valence-corrected chi connectivity index (χ1v) is 14.3. The highest BCUT2D eigenvalue weighted by Gasteiger charge is 2.48. The highest BCUT2D eigenvalue weighted by molar-refractivity contribution is 7.26. The molecular weight excluding hydrogens is 432 g/mol. The first-order chi connectivity index (χ1) is 16.3. The number of thiophene rings is 1. The van der Waals surface area contributed by atoms with Crippen LogP contribution in [0.25, 0.3) is 31.3 Å². The van der Waals surface area contributed by atoms with Crippen LogP contribution in [0.15, 0.2) is 115 Å². The van der Waals surface area contributed by atoms with E-state index in [2.05, 4.69) is 122 Å². The number of benzene rings is 5. The summed E-state index contributed by atoms with van der Waals surface area (Å²) in [6.07, 6.45) is 0. The zero-order valence-electron chi connectivity index (χ0n) is 18.4. The fourth-order valence-electron chi connectivity index (χ4n) is 5.82. The van der Waals surface area contributed by atoms with Crippen molar-refractivity contribution in [3.63, 3.8) is 0 Å². The molecule has 1 aliphatic rings. The predicted octanol–water partition coefficient (Wildman–Crippen LogP) is 5.72. The predicted molar refractivity (Wildman–Crippen MR) is 147 cm³/mol. The lowest BCUT2D eigenvalue weighted by Gasteiger charge is -2.31. The van der Waals surface area contributed by atoms with Gasteiger partial charge in [-0.3, -0.25) is 0 Å². The summed E-state index contributed by atoms with van der Waals surface area (Å²) in [5.41, 5.74) is 4.16. The lowest BCUT2D eigenvalue weighted by atomic mass is 10.0. The monoisotopic (exact) mass is 454 g/mol. The molecule has 0 N–H and O–H groups in total. The topological polar surface area (TPSA) is 0 Å². The summed E-state index contributed by atoms with van der Waals surface area (Å²) in [7, 11) is -2.41. The van der Waals surface area contributed by atoms with Crippen LogP contribution in [0.5, 0.6) is 0 Å². The molecule has 6 aromatic rings. The van der Waals surface area contributed by atoms with Crippen molar-refractivity contribution in [3.05, 3.63) is 121 Å². The Morgan fingerprint density at radius 2 is 1.15 bits per heavy atom. The van der Waals surface area contributed by atoms with Crippen LogP contribution in [0, 0.1) is 6.92 Å². The first-order valence-electron chi connectivity index (χ1n) is 11.4. The lowest BCUT2D eigenvalue weighted by molar-refractivity contribution is 1.49. The maximum absolute atomic E-state index is 2.54. The molecule has 33 heavy (non-hydrogen) atoms. The van der Waals surface area contributed by atoms with Crippen molar-refractivity contribution in [2.24, 2.45) is 0 Å². The van der Waals surface area contributed by atoms with E-state index in [1.165, 1.54) is 57.6 Å². The third kappa shape index (κ3) is 2.56. The molecule has 1 aromatic heterocycles. The Morgan fingerprint density at radius 1 is 0.515 bits per heavy atom. The van der Waals surface area contributed by atoms with Crippen LogP contribution in [0.3, 0.4) is 0 Å². The fourth-order valence-corrected chi connectivity index (χ4v) is 12.2. The number of hydrogen-bond acceptors (Lipinski definition) is 1. The Balaban J connectivity index is 1.69. The van der Waals surface area contributed by atoms with Gasteiger partial charge in [0.1, 0.15) is 0 Å². The quantitative estimate of drug-likeness (QED) is 0.293. The molecule has 0 bridgehead atoms. The number of rotatable bonds is 2. The Kier molecular flexibility index (Phi) is 4.05. The van der Waals surface area contributed by atoms with Gasteiger partial charge < -0.3 is 0 Å². The van der Waals surface area contributed by atoms with Crippen molar-refractivity contribution in [1.29, 1.82) is 0 Å². The van der Waals surface area contributed by atoms with Gasteiger partial charge in [-0.1, -0.05) is 103 Å². The Bertz CT molecular complexity index is 1620. The molecule has 5 aromatic carbocycles. The van der Waals surface area contributed by atoms with Gasteiger partial charge in [-0.15, -0.1) is 11.3 Å². The van der Waals surface area contributed by atoms with Crippen molar-refractivity contribution < 1.29 is 0 Å². The zero-order valence-corrected chi connectivity index (χ0v) is 20.2. The van der Waals surface area contributed by atoms with Gasteiger partial charge in [0.25, 0.3) is 0 Å². The van der Waals surface area contributed by atoms with E-state index in [4.69, 9.17) is 0 Å². The van der Waals surface area contributed by atoms with Gasteiger partial charge in [0.2, 0.25) is 0 Å². The molecule has 0 amide bonds. The van der Waals surface area contributed by atoms with Gasteiger partial charge in [0, 0.05) is 20.2 Å². The van der Waals surface area contributed by atoms with Crippen molar-refractivity contribution in [2.45, 2.75) is 6.92 Å². The molecule has 0 atom stereocenters. The average molecular weight is 455 g/mol. The number of hydrogen-bond donors (Lipinski definition) is 0. The molecule has 0 nitrogen and oxygen atoms in total. The fraction of sp³-hybridized carbons (Fsp3) is 0.0323. The highest BCUT2D eigenvalue weighted by atomic mass is 32.1. The van der Waals surface area contributed by atoms with E-state index in [0.717, 1.165) is 0 Å². The molecule has 0 spiro atoms. The standard InChI is InChI=1S/C31H22SSi/c1-21-16-17-30-26(18-21)27-19-25-24-14-8-9-15-28(24)32-29(25)20-31(27)33(30,22-10-4-2-5-11-22)23-12-6-3-7-13-23/h2-20H,1H3. The molecule has 0 saturated heterocycles. The Morgan fingerprint density at radius 3 is 1.88 bits per heavy atom. The molecular formula is C31H22SSi. The second-order valence-corrected chi connectivity index (χ2v) is 13.8. The molecule has 0 fully saturated rings. The molecule has 0 saturated carbocycles. The van der Waals surface area contributed by atoms with Crippen molar-refractivity contribution in [3.8, 4) is 11.1 Å². The van der Waals surface area contributed by atoms with E-state index >= 15 is 0 Å². The summed E-state index contributed by atoms with van der Waals surface area (Å²) in [6, 6.07) is 43.5. The molecule has 2 heterocycles. The largest absolute Gasteiger partial charge is 0.180 e. The highest BCUT2D eigenvalue weighted by Crippen LogP contribution is 2.38. The lowest BCUT2D eigenvalue weighted by Crippen LogP contribution is -2.72. The molecule has 0 aliphatic carbocycles. The smallest absolute Gasteiger partial charge is 0.135 e. The minimum atomic E-state index is -2.41. The van der Waals surface area contributed by atoms with Gasteiger partial charge in [0.15, 0.2) is 8.07 Å². The number of aryl methyl sites for hydroxylation is 1. The van der Waals surface area contributed by atoms with Gasteiger partial charge >= 0.3 is 0 Å². The molecule has 2 heteroatoms. The average Bonchev–Trinajstić information content (AvgIpc) is 3.37. The summed E-state index contributed by atoms with van der Waals surface area (Å²) >= 11 is 1.92. The molecule has 1 aliphatic heterocycles. The Labute approximate surface area is 198 Å². The maximum atomic E-state index is 2.54. The second kappa shape index (κ2) is 7.02. The van der Waals surface area contributed by atoms with Crippen LogP contribution < -0.4 is 20.7 Å². The van der Waals surface area contributed by atoms with Gasteiger partial charge in [-0.2, -0.15) is 0 Å². The van der Waals surface area contributed by atoms with Gasteiger partial charge in [-0.05, 0) is 57.0 Å². The summed E-state index contributed by atoms with van der Waals surface area (Å²) < 4.78 is 2.76. The van der Waals surface area contributed by atoms with E-state index in [0.29, 0.717) is 0 Å². The van der Waals surface area contributed by atoms with E-state index in [1.54, 1.807) is 0 Å². The normalized spacial score (nSPS) is 13.8.